The van der Waals surface area contributed by atoms with Gasteiger partial charge < -0.3 is 5.32 Å². The summed E-state index contributed by atoms with van der Waals surface area (Å²) >= 11 is 0. The van der Waals surface area contributed by atoms with Crippen molar-refractivity contribution < 1.29 is 13.2 Å². The molecule has 25 heavy (non-hydrogen) atoms. The van der Waals surface area contributed by atoms with Gasteiger partial charge in [-0.3, -0.25) is 9.89 Å². The molecule has 0 aliphatic rings. The highest BCUT2D eigenvalue weighted by molar-refractivity contribution is 7.90. The maximum absolute atomic E-state index is 12.6. The fourth-order valence-corrected chi connectivity index (χ4v) is 3.53. The number of aromatic nitrogens is 3. The van der Waals surface area contributed by atoms with E-state index in [4.69, 9.17) is 0 Å². The van der Waals surface area contributed by atoms with Gasteiger partial charge in [-0.25, -0.2) is 12.4 Å². The van der Waals surface area contributed by atoms with Crippen LogP contribution < -0.4 is 5.32 Å². The quantitative estimate of drug-likeness (QED) is 0.729. The Morgan fingerprint density at radius 1 is 1.20 bits per heavy atom. The van der Waals surface area contributed by atoms with Gasteiger partial charge in [-0.2, -0.15) is 5.10 Å². The predicted molar refractivity (Wildman–Crippen MR) is 92.7 cm³/mol. The number of nitrogens with zero attached hydrogens (tertiary/aromatic N) is 2. The molecule has 3 rings (SSSR count). The van der Waals surface area contributed by atoms with Gasteiger partial charge in [0.1, 0.15) is 0 Å². The van der Waals surface area contributed by atoms with Crippen LogP contribution >= 0.6 is 0 Å². The summed E-state index contributed by atoms with van der Waals surface area (Å²) in [7, 11) is -3.71. The van der Waals surface area contributed by atoms with E-state index >= 15 is 0 Å². The molecule has 0 fully saturated rings. The lowest BCUT2D eigenvalue weighted by Gasteiger charge is -2.06. The van der Waals surface area contributed by atoms with Crippen LogP contribution in [0.15, 0.2) is 53.7 Å². The molecule has 2 N–H and O–H groups in total. The molecule has 130 valence electrons. The first-order valence-corrected chi connectivity index (χ1v) is 9.09. The van der Waals surface area contributed by atoms with E-state index in [9.17, 15) is 13.2 Å². The summed E-state index contributed by atoms with van der Waals surface area (Å²) < 4.78 is 26.2. The Balaban J connectivity index is 1.75. The van der Waals surface area contributed by atoms with Crippen LogP contribution in [0.2, 0.25) is 0 Å². The molecule has 0 bridgehead atoms. The van der Waals surface area contributed by atoms with E-state index in [2.05, 4.69) is 15.5 Å². The van der Waals surface area contributed by atoms with Gasteiger partial charge in [-0.05, 0) is 38.1 Å². The van der Waals surface area contributed by atoms with Crippen molar-refractivity contribution in [2.24, 2.45) is 0 Å². The van der Waals surface area contributed by atoms with Crippen molar-refractivity contribution in [1.29, 1.82) is 0 Å². The first kappa shape index (κ1) is 17.0. The van der Waals surface area contributed by atoms with Crippen LogP contribution in [0.3, 0.4) is 0 Å². The zero-order chi connectivity index (χ0) is 18.0. The number of benzene rings is 1. The maximum Gasteiger partial charge on any atom is 0.267 e. The third kappa shape index (κ3) is 3.63. The van der Waals surface area contributed by atoms with E-state index < -0.39 is 10.0 Å². The molecule has 0 radical (unpaired) electrons. The minimum atomic E-state index is -3.71. The predicted octanol–water partition coefficient (Wildman–Crippen LogP) is 2.00. The number of aromatic amines is 1. The number of hydrogen-bond donors (Lipinski definition) is 2. The van der Waals surface area contributed by atoms with Gasteiger partial charge in [0.2, 0.25) is 0 Å². The number of hydrogen-bond acceptors (Lipinski definition) is 4. The molecule has 0 saturated heterocycles. The molecular weight excluding hydrogens is 340 g/mol. The summed E-state index contributed by atoms with van der Waals surface area (Å²) in [6.45, 7) is 4.02. The van der Waals surface area contributed by atoms with Crippen LogP contribution in [0.25, 0.3) is 0 Å². The second-order valence-corrected chi connectivity index (χ2v) is 7.61. The second kappa shape index (κ2) is 6.56. The zero-order valence-corrected chi connectivity index (χ0v) is 14.7. The minimum absolute atomic E-state index is 0.175. The Morgan fingerprint density at radius 2 is 1.92 bits per heavy atom. The molecule has 0 aliphatic carbocycles. The summed E-state index contributed by atoms with van der Waals surface area (Å²) in [5.41, 5.74) is 2.85. The Bertz CT molecular complexity index is 1000. The molecule has 0 atom stereocenters. The highest BCUT2D eigenvalue weighted by Gasteiger charge is 2.18. The van der Waals surface area contributed by atoms with E-state index in [1.807, 2.05) is 19.9 Å². The van der Waals surface area contributed by atoms with Crippen molar-refractivity contribution in [1.82, 2.24) is 19.5 Å². The largest absolute Gasteiger partial charge is 0.346 e. The first-order valence-electron chi connectivity index (χ1n) is 7.65. The molecule has 2 aromatic heterocycles. The van der Waals surface area contributed by atoms with Gasteiger partial charge in [0.25, 0.3) is 15.9 Å². The van der Waals surface area contributed by atoms with Crippen LogP contribution in [-0.2, 0) is 16.6 Å². The lowest BCUT2D eigenvalue weighted by Crippen LogP contribution is -2.22. The number of H-pyrrole nitrogens is 1. The summed E-state index contributed by atoms with van der Waals surface area (Å²) in [5.74, 6) is -0.356. The van der Waals surface area contributed by atoms with Crippen molar-refractivity contribution in [3.63, 3.8) is 0 Å². The monoisotopic (exact) mass is 358 g/mol. The highest BCUT2D eigenvalue weighted by Crippen LogP contribution is 2.16. The maximum atomic E-state index is 12.6. The second-order valence-electron chi connectivity index (χ2n) is 5.77. The number of aryl methyl sites for hydroxylation is 2. The van der Waals surface area contributed by atoms with Crippen LogP contribution in [0.4, 0.5) is 0 Å². The fraction of sp³-hybridized carbons (Fsp3) is 0.176. The van der Waals surface area contributed by atoms with Crippen LogP contribution in [0.5, 0.6) is 0 Å². The topological polar surface area (TPSA) is 96.8 Å². The Morgan fingerprint density at radius 3 is 2.56 bits per heavy atom. The van der Waals surface area contributed by atoms with E-state index in [0.29, 0.717) is 0 Å². The molecular formula is C17H18N4O3S. The summed E-state index contributed by atoms with van der Waals surface area (Å²) in [6, 6.07) is 9.86. The van der Waals surface area contributed by atoms with Crippen molar-refractivity contribution in [3.05, 3.63) is 71.3 Å². The molecule has 0 aliphatic heterocycles. The summed E-state index contributed by atoms with van der Waals surface area (Å²) in [6.07, 6.45) is 2.67. The molecule has 1 amide bonds. The van der Waals surface area contributed by atoms with Gasteiger partial charge in [0.15, 0.2) is 0 Å². The SMILES string of the molecule is Cc1ccc(S(=O)(=O)n2ccc(C(=O)NCc3cc(C)n[nH]3)c2)cc1. The minimum Gasteiger partial charge on any atom is -0.346 e. The number of nitrogens with one attached hydrogen (secondary N) is 2. The van der Waals surface area contributed by atoms with Gasteiger partial charge in [-0.15, -0.1) is 0 Å². The summed E-state index contributed by atoms with van der Waals surface area (Å²) in [5, 5.41) is 9.51. The number of rotatable bonds is 5. The van der Waals surface area contributed by atoms with Gasteiger partial charge in [0, 0.05) is 12.4 Å². The molecule has 3 aromatic rings. The number of carbonyl (C=O) groups excluding carboxylic acids is 1. The highest BCUT2D eigenvalue weighted by atomic mass is 32.2. The molecule has 2 heterocycles. The third-order valence-corrected chi connectivity index (χ3v) is 5.37. The average Bonchev–Trinajstić information content (AvgIpc) is 3.22. The third-order valence-electron chi connectivity index (χ3n) is 3.72. The van der Waals surface area contributed by atoms with Crippen molar-refractivity contribution in [2.75, 3.05) is 0 Å². The van der Waals surface area contributed by atoms with Crippen molar-refractivity contribution in [3.8, 4) is 0 Å². The number of amides is 1. The Kier molecular flexibility index (Phi) is 4.45. The lowest BCUT2D eigenvalue weighted by molar-refractivity contribution is 0.0950. The Labute approximate surface area is 145 Å². The van der Waals surface area contributed by atoms with E-state index in [0.717, 1.165) is 20.9 Å². The van der Waals surface area contributed by atoms with E-state index in [1.165, 1.54) is 18.5 Å². The van der Waals surface area contributed by atoms with Crippen LogP contribution in [0.1, 0.15) is 27.3 Å². The van der Waals surface area contributed by atoms with Crippen molar-refractivity contribution in [2.45, 2.75) is 25.3 Å². The van der Waals surface area contributed by atoms with E-state index in [1.54, 1.807) is 24.3 Å². The number of carbonyl (C=O) groups is 1. The smallest absolute Gasteiger partial charge is 0.267 e. The summed E-state index contributed by atoms with van der Waals surface area (Å²) in [4.78, 5) is 12.4. The van der Waals surface area contributed by atoms with Crippen molar-refractivity contribution >= 4 is 15.9 Å². The average molecular weight is 358 g/mol. The Hall–Kier alpha value is -2.87. The molecule has 0 saturated carbocycles. The zero-order valence-electron chi connectivity index (χ0n) is 13.9. The van der Waals surface area contributed by atoms with Gasteiger partial charge in [0.05, 0.1) is 28.4 Å². The lowest BCUT2D eigenvalue weighted by atomic mass is 10.2. The molecule has 7 nitrogen and oxygen atoms in total. The van der Waals surface area contributed by atoms with Gasteiger partial charge in [-0.1, -0.05) is 17.7 Å². The van der Waals surface area contributed by atoms with Gasteiger partial charge >= 0.3 is 0 Å². The molecule has 1 aromatic carbocycles. The molecule has 0 spiro atoms. The first-order chi connectivity index (χ1) is 11.9. The fourth-order valence-electron chi connectivity index (χ4n) is 2.34. The van der Waals surface area contributed by atoms with Crippen LogP contribution in [0, 0.1) is 13.8 Å². The standard InChI is InChI=1S/C17H18N4O3S/c1-12-3-5-16(6-4-12)25(23,24)21-8-7-14(11-21)17(22)18-10-15-9-13(2)19-20-15/h3-9,11H,10H2,1-2H3,(H,18,22)(H,19,20). The van der Waals surface area contributed by atoms with Crippen LogP contribution in [-0.4, -0.2) is 28.5 Å². The van der Waals surface area contributed by atoms with E-state index in [-0.39, 0.29) is 22.9 Å². The molecule has 8 heteroatoms. The molecule has 0 unspecified atom stereocenters. The normalized spacial score (nSPS) is 11.4.